The third-order valence-corrected chi connectivity index (χ3v) is 6.33. The van der Waals surface area contributed by atoms with E-state index < -0.39 is 5.54 Å². The van der Waals surface area contributed by atoms with Gasteiger partial charge in [-0.2, -0.15) is 0 Å². The number of nitrogens with one attached hydrogen (secondary N) is 1. The Morgan fingerprint density at radius 1 is 0.912 bits per heavy atom. The lowest BCUT2D eigenvalue weighted by molar-refractivity contribution is -0.143. The second-order valence-electron chi connectivity index (χ2n) is 8.65. The van der Waals surface area contributed by atoms with Crippen LogP contribution < -0.4 is 10.1 Å². The van der Waals surface area contributed by atoms with Gasteiger partial charge in [0.2, 0.25) is 5.91 Å². The summed E-state index contributed by atoms with van der Waals surface area (Å²) in [4.78, 5) is 24.1. The molecule has 3 aromatic carbocycles. The molecule has 0 aliphatic carbocycles. The minimum absolute atomic E-state index is 0.0826. The van der Waals surface area contributed by atoms with Crippen LogP contribution in [-0.4, -0.2) is 18.5 Å². The molecule has 1 heterocycles. The van der Waals surface area contributed by atoms with E-state index in [-0.39, 0.29) is 11.9 Å². The SMILES string of the molecule is CCOC(=O)CCc1ccc(CCC2(NC(C)=O)c3ccccc3COc3ccccc32)cc1. The normalized spacial score (nSPS) is 16.4. The molecule has 176 valence electrons. The Morgan fingerprint density at radius 2 is 1.56 bits per heavy atom. The monoisotopic (exact) mass is 457 g/mol. The van der Waals surface area contributed by atoms with E-state index in [2.05, 4.69) is 41.7 Å². The van der Waals surface area contributed by atoms with Crippen molar-refractivity contribution < 1.29 is 19.1 Å². The first-order valence-electron chi connectivity index (χ1n) is 11.8. The van der Waals surface area contributed by atoms with Gasteiger partial charge in [-0.1, -0.05) is 66.7 Å². The number of para-hydroxylation sites is 1. The Labute approximate surface area is 201 Å². The number of benzene rings is 3. The first-order chi connectivity index (χ1) is 16.5. The zero-order valence-corrected chi connectivity index (χ0v) is 19.8. The van der Waals surface area contributed by atoms with Crippen molar-refractivity contribution in [3.63, 3.8) is 0 Å². The summed E-state index contributed by atoms with van der Waals surface area (Å²) in [6.07, 6.45) is 2.49. The summed E-state index contributed by atoms with van der Waals surface area (Å²) in [5.74, 6) is 0.541. The summed E-state index contributed by atoms with van der Waals surface area (Å²) in [5, 5.41) is 3.30. The molecule has 1 atom stereocenters. The van der Waals surface area contributed by atoms with Gasteiger partial charge < -0.3 is 14.8 Å². The Hall–Kier alpha value is -3.60. The third kappa shape index (κ3) is 5.14. The molecule has 5 heteroatoms. The van der Waals surface area contributed by atoms with Gasteiger partial charge in [0.05, 0.1) is 12.1 Å². The van der Waals surface area contributed by atoms with Crippen molar-refractivity contribution >= 4 is 11.9 Å². The van der Waals surface area contributed by atoms with Gasteiger partial charge in [0, 0.05) is 18.9 Å². The minimum Gasteiger partial charge on any atom is -0.489 e. The predicted octanol–water partition coefficient (Wildman–Crippen LogP) is 5.09. The topological polar surface area (TPSA) is 64.6 Å². The molecule has 5 nitrogen and oxygen atoms in total. The quantitative estimate of drug-likeness (QED) is 0.479. The number of fused-ring (bicyclic) bond motifs is 2. The van der Waals surface area contributed by atoms with E-state index in [0.717, 1.165) is 34.4 Å². The Bertz CT molecular complexity index is 1110. The standard InChI is InChI=1S/C29H31NO4/c1-3-33-28(32)17-16-22-12-14-23(15-13-22)18-19-29(30-21(2)31)25-9-5-4-8-24(25)20-34-27-11-7-6-10-26(27)29/h4-15H,3,16-20H2,1-2H3,(H,30,31). The number of esters is 1. The number of carbonyl (C=O) groups excluding carboxylic acids is 2. The minimum atomic E-state index is -0.696. The number of ether oxygens (including phenoxy) is 2. The number of hydrogen-bond acceptors (Lipinski definition) is 4. The maximum absolute atomic E-state index is 12.5. The van der Waals surface area contributed by atoms with Gasteiger partial charge in [0.25, 0.3) is 0 Å². The molecule has 1 unspecified atom stereocenters. The van der Waals surface area contributed by atoms with Crippen LogP contribution in [0.4, 0.5) is 0 Å². The van der Waals surface area contributed by atoms with Crippen molar-refractivity contribution in [1.29, 1.82) is 0 Å². The van der Waals surface area contributed by atoms with Crippen molar-refractivity contribution in [3.05, 3.63) is 101 Å². The zero-order chi connectivity index (χ0) is 24.0. The smallest absolute Gasteiger partial charge is 0.306 e. The van der Waals surface area contributed by atoms with E-state index in [1.54, 1.807) is 6.92 Å². The average Bonchev–Trinajstić information content (AvgIpc) is 2.98. The van der Waals surface area contributed by atoms with Gasteiger partial charge in [0.1, 0.15) is 12.4 Å². The fourth-order valence-corrected chi connectivity index (χ4v) is 4.76. The fourth-order valence-electron chi connectivity index (χ4n) is 4.76. The molecule has 0 bridgehead atoms. The van der Waals surface area contributed by atoms with Crippen molar-refractivity contribution in [2.75, 3.05) is 6.61 Å². The average molecular weight is 458 g/mol. The van der Waals surface area contributed by atoms with Gasteiger partial charge in [-0.3, -0.25) is 9.59 Å². The molecular weight excluding hydrogens is 426 g/mol. The van der Waals surface area contributed by atoms with Crippen molar-refractivity contribution in [3.8, 4) is 5.75 Å². The number of hydrogen-bond donors (Lipinski definition) is 1. The maximum atomic E-state index is 12.5. The number of carbonyl (C=O) groups is 2. The highest BCUT2D eigenvalue weighted by atomic mass is 16.5. The first kappa shape index (κ1) is 23.6. The third-order valence-electron chi connectivity index (χ3n) is 6.33. The lowest BCUT2D eigenvalue weighted by Gasteiger charge is -2.36. The van der Waals surface area contributed by atoms with Crippen molar-refractivity contribution in [2.45, 2.75) is 51.7 Å². The van der Waals surface area contributed by atoms with Crippen LogP contribution >= 0.6 is 0 Å². The van der Waals surface area contributed by atoms with E-state index in [9.17, 15) is 9.59 Å². The zero-order valence-electron chi connectivity index (χ0n) is 19.8. The Kier molecular flexibility index (Phi) is 7.31. The molecule has 3 aromatic rings. The molecule has 4 rings (SSSR count). The molecule has 0 fully saturated rings. The lowest BCUT2D eigenvalue weighted by atomic mass is 9.76. The lowest BCUT2D eigenvalue weighted by Crippen LogP contribution is -2.46. The van der Waals surface area contributed by atoms with Crippen LogP contribution in [0.3, 0.4) is 0 Å². The highest BCUT2D eigenvalue weighted by molar-refractivity contribution is 5.76. The fraction of sp³-hybridized carbons (Fsp3) is 0.310. The van der Waals surface area contributed by atoms with Crippen LogP contribution in [0.25, 0.3) is 0 Å². The molecule has 1 N–H and O–H groups in total. The van der Waals surface area contributed by atoms with Crippen LogP contribution in [0.1, 0.15) is 54.5 Å². The van der Waals surface area contributed by atoms with E-state index in [1.165, 1.54) is 5.56 Å². The summed E-state index contributed by atoms with van der Waals surface area (Å²) < 4.78 is 11.2. The van der Waals surface area contributed by atoms with Gasteiger partial charge in [-0.25, -0.2) is 0 Å². The van der Waals surface area contributed by atoms with Crippen LogP contribution in [0, 0.1) is 0 Å². The van der Waals surface area contributed by atoms with Gasteiger partial charge in [0.15, 0.2) is 0 Å². The molecule has 1 aliphatic heterocycles. The van der Waals surface area contributed by atoms with Gasteiger partial charge in [-0.05, 0) is 54.5 Å². The second kappa shape index (κ2) is 10.6. The molecule has 1 aliphatic rings. The summed E-state index contributed by atoms with van der Waals surface area (Å²) in [6.45, 7) is 4.25. The van der Waals surface area contributed by atoms with Crippen LogP contribution in [-0.2, 0) is 39.3 Å². The highest BCUT2D eigenvalue weighted by Crippen LogP contribution is 2.43. The molecule has 1 amide bonds. The molecule has 0 saturated carbocycles. The molecular formula is C29H31NO4. The van der Waals surface area contributed by atoms with E-state index >= 15 is 0 Å². The molecule has 0 radical (unpaired) electrons. The largest absolute Gasteiger partial charge is 0.489 e. The van der Waals surface area contributed by atoms with E-state index in [4.69, 9.17) is 9.47 Å². The molecule has 0 spiro atoms. The van der Waals surface area contributed by atoms with E-state index in [1.807, 2.05) is 43.3 Å². The van der Waals surface area contributed by atoms with Crippen molar-refractivity contribution in [2.24, 2.45) is 0 Å². The van der Waals surface area contributed by atoms with Gasteiger partial charge in [-0.15, -0.1) is 0 Å². The second-order valence-corrected chi connectivity index (χ2v) is 8.65. The van der Waals surface area contributed by atoms with Crippen LogP contribution in [0.2, 0.25) is 0 Å². The summed E-state index contributed by atoms with van der Waals surface area (Å²) in [7, 11) is 0. The summed E-state index contributed by atoms with van der Waals surface area (Å²) in [5.41, 5.74) is 4.69. The maximum Gasteiger partial charge on any atom is 0.306 e. The van der Waals surface area contributed by atoms with Crippen LogP contribution in [0.5, 0.6) is 5.75 Å². The predicted molar refractivity (Wildman–Crippen MR) is 132 cm³/mol. The van der Waals surface area contributed by atoms with Crippen molar-refractivity contribution in [1.82, 2.24) is 5.32 Å². The van der Waals surface area contributed by atoms with Crippen LogP contribution in [0.15, 0.2) is 72.8 Å². The van der Waals surface area contributed by atoms with E-state index in [0.29, 0.717) is 32.5 Å². The number of rotatable bonds is 8. The molecule has 0 saturated heterocycles. The number of amides is 1. The Morgan fingerprint density at radius 3 is 2.26 bits per heavy atom. The Balaban J connectivity index is 1.62. The highest BCUT2D eigenvalue weighted by Gasteiger charge is 2.40. The van der Waals surface area contributed by atoms with Gasteiger partial charge >= 0.3 is 5.97 Å². The first-order valence-corrected chi connectivity index (χ1v) is 11.8. The number of aryl methyl sites for hydroxylation is 2. The molecule has 0 aromatic heterocycles. The summed E-state index contributed by atoms with van der Waals surface area (Å²) in [6, 6.07) is 24.5. The summed E-state index contributed by atoms with van der Waals surface area (Å²) >= 11 is 0. The molecule has 34 heavy (non-hydrogen) atoms.